The lowest BCUT2D eigenvalue weighted by molar-refractivity contribution is 0.0766. The lowest BCUT2D eigenvalue weighted by atomic mass is 10.1. The summed E-state index contributed by atoms with van der Waals surface area (Å²) in [6.07, 6.45) is 5.90. The summed E-state index contributed by atoms with van der Waals surface area (Å²) in [7, 11) is 0. The number of nitrogens with zero attached hydrogens (tertiary/aromatic N) is 4. The first-order valence-electron chi connectivity index (χ1n) is 9.36. The standard InChI is InChI=1S/C19H25N5O2/c1-14-21-17-4-7-20-6-3-16(17)18(22-14)23-8-2-9-24(11-10-23)19(25)15-5-12-26-13-15/h5,12-13,20H,2-4,6-11H2,1H3. The summed E-state index contributed by atoms with van der Waals surface area (Å²) in [5.74, 6) is 1.94. The molecule has 0 aromatic carbocycles. The van der Waals surface area contributed by atoms with Crippen LogP contribution >= 0.6 is 0 Å². The maximum absolute atomic E-state index is 12.6. The number of rotatable bonds is 2. The van der Waals surface area contributed by atoms with Crippen LogP contribution in [0.5, 0.6) is 0 Å². The zero-order valence-electron chi connectivity index (χ0n) is 15.2. The normalized spacial score (nSPS) is 18.2. The Morgan fingerprint density at radius 3 is 2.88 bits per heavy atom. The van der Waals surface area contributed by atoms with Gasteiger partial charge in [0.1, 0.15) is 17.9 Å². The Morgan fingerprint density at radius 1 is 1.15 bits per heavy atom. The van der Waals surface area contributed by atoms with Crippen LogP contribution in [-0.4, -0.2) is 60.0 Å². The molecular weight excluding hydrogens is 330 g/mol. The molecule has 0 spiro atoms. The highest BCUT2D eigenvalue weighted by molar-refractivity contribution is 5.93. The van der Waals surface area contributed by atoms with Gasteiger partial charge in [0.15, 0.2) is 0 Å². The minimum atomic E-state index is 0.0440. The fourth-order valence-corrected chi connectivity index (χ4v) is 3.81. The number of nitrogens with one attached hydrogen (secondary N) is 1. The third-order valence-corrected chi connectivity index (χ3v) is 5.12. The number of fused-ring (bicyclic) bond motifs is 1. The van der Waals surface area contributed by atoms with Crippen molar-refractivity contribution in [3.63, 3.8) is 0 Å². The van der Waals surface area contributed by atoms with Gasteiger partial charge in [-0.25, -0.2) is 9.97 Å². The molecule has 7 heteroatoms. The molecule has 4 heterocycles. The highest BCUT2D eigenvalue weighted by Gasteiger charge is 2.25. The molecule has 2 aromatic rings. The minimum Gasteiger partial charge on any atom is -0.472 e. The summed E-state index contributed by atoms with van der Waals surface area (Å²) >= 11 is 0. The summed E-state index contributed by atoms with van der Waals surface area (Å²) in [6, 6.07) is 1.73. The molecule has 0 aliphatic carbocycles. The van der Waals surface area contributed by atoms with Crippen LogP contribution in [0.25, 0.3) is 0 Å². The van der Waals surface area contributed by atoms with Gasteiger partial charge in [-0.15, -0.1) is 0 Å². The van der Waals surface area contributed by atoms with Gasteiger partial charge < -0.3 is 19.5 Å². The number of carbonyl (C=O) groups is 1. The summed E-state index contributed by atoms with van der Waals surface area (Å²) < 4.78 is 5.05. The Bertz CT molecular complexity index is 774. The summed E-state index contributed by atoms with van der Waals surface area (Å²) in [6.45, 7) is 7.05. The van der Waals surface area contributed by atoms with Gasteiger partial charge in [0.05, 0.1) is 17.5 Å². The molecule has 0 atom stereocenters. The van der Waals surface area contributed by atoms with Crippen molar-refractivity contribution in [2.24, 2.45) is 0 Å². The van der Waals surface area contributed by atoms with E-state index >= 15 is 0 Å². The van der Waals surface area contributed by atoms with E-state index < -0.39 is 0 Å². The summed E-state index contributed by atoms with van der Waals surface area (Å²) in [5.41, 5.74) is 3.07. The molecule has 1 fully saturated rings. The second kappa shape index (κ2) is 7.45. The van der Waals surface area contributed by atoms with Crippen molar-refractivity contribution in [3.05, 3.63) is 41.2 Å². The lowest BCUT2D eigenvalue weighted by Gasteiger charge is -2.25. The average Bonchev–Trinajstić information content (AvgIpc) is 2.92. The van der Waals surface area contributed by atoms with Crippen molar-refractivity contribution < 1.29 is 9.21 Å². The number of hydrogen-bond donors (Lipinski definition) is 1. The van der Waals surface area contributed by atoms with Crippen LogP contribution in [0.15, 0.2) is 23.0 Å². The summed E-state index contributed by atoms with van der Waals surface area (Å²) in [4.78, 5) is 26.3. The van der Waals surface area contributed by atoms with E-state index in [1.165, 1.54) is 17.5 Å². The Morgan fingerprint density at radius 2 is 2.04 bits per heavy atom. The van der Waals surface area contributed by atoms with Crippen molar-refractivity contribution in [2.45, 2.75) is 26.2 Å². The van der Waals surface area contributed by atoms with Crippen LogP contribution in [0.1, 0.15) is 33.9 Å². The fourth-order valence-electron chi connectivity index (χ4n) is 3.81. The number of anilines is 1. The fraction of sp³-hybridized carbons (Fsp3) is 0.526. The number of carbonyl (C=O) groups excluding carboxylic acids is 1. The second-order valence-corrected chi connectivity index (χ2v) is 6.91. The molecule has 0 saturated carbocycles. The molecule has 0 unspecified atom stereocenters. The predicted octanol–water partition coefficient (Wildman–Crippen LogP) is 1.42. The van der Waals surface area contributed by atoms with Crippen LogP contribution in [-0.2, 0) is 12.8 Å². The first-order valence-corrected chi connectivity index (χ1v) is 9.36. The van der Waals surface area contributed by atoms with Crippen molar-refractivity contribution in [1.29, 1.82) is 0 Å². The lowest BCUT2D eigenvalue weighted by Crippen LogP contribution is -2.35. The van der Waals surface area contributed by atoms with Gasteiger partial charge in [-0.05, 0) is 32.4 Å². The van der Waals surface area contributed by atoms with Crippen molar-refractivity contribution in [2.75, 3.05) is 44.2 Å². The van der Waals surface area contributed by atoms with Gasteiger partial charge in [0.2, 0.25) is 0 Å². The number of hydrogen-bond acceptors (Lipinski definition) is 6. The zero-order valence-corrected chi connectivity index (χ0v) is 15.2. The van der Waals surface area contributed by atoms with E-state index in [0.29, 0.717) is 12.1 Å². The predicted molar refractivity (Wildman–Crippen MR) is 98.5 cm³/mol. The number of amides is 1. The van der Waals surface area contributed by atoms with Gasteiger partial charge in [0, 0.05) is 44.7 Å². The van der Waals surface area contributed by atoms with E-state index in [2.05, 4.69) is 15.2 Å². The Kier molecular flexibility index (Phi) is 4.88. The van der Waals surface area contributed by atoms with Crippen molar-refractivity contribution >= 4 is 11.7 Å². The molecule has 7 nitrogen and oxygen atoms in total. The van der Waals surface area contributed by atoms with Crippen LogP contribution in [0.2, 0.25) is 0 Å². The van der Waals surface area contributed by atoms with E-state index in [9.17, 15) is 4.79 Å². The molecule has 0 radical (unpaired) electrons. The molecule has 2 aliphatic rings. The maximum Gasteiger partial charge on any atom is 0.257 e. The monoisotopic (exact) mass is 355 g/mol. The van der Waals surface area contributed by atoms with Gasteiger partial charge in [0.25, 0.3) is 5.91 Å². The smallest absolute Gasteiger partial charge is 0.257 e. The van der Waals surface area contributed by atoms with E-state index in [1.54, 1.807) is 12.3 Å². The number of aromatic nitrogens is 2. The molecule has 0 bridgehead atoms. The van der Waals surface area contributed by atoms with Gasteiger partial charge in [-0.2, -0.15) is 0 Å². The van der Waals surface area contributed by atoms with Crippen LogP contribution in [0, 0.1) is 6.92 Å². The molecule has 2 aliphatic heterocycles. The third kappa shape index (κ3) is 3.44. The minimum absolute atomic E-state index is 0.0440. The largest absolute Gasteiger partial charge is 0.472 e. The molecular formula is C19H25N5O2. The van der Waals surface area contributed by atoms with Gasteiger partial charge in [-0.1, -0.05) is 0 Å². The van der Waals surface area contributed by atoms with Gasteiger partial charge >= 0.3 is 0 Å². The highest BCUT2D eigenvalue weighted by atomic mass is 16.3. The molecule has 1 amide bonds. The first-order chi connectivity index (χ1) is 12.7. The van der Waals surface area contributed by atoms with Crippen LogP contribution in [0.3, 0.4) is 0 Å². The molecule has 4 rings (SSSR count). The van der Waals surface area contributed by atoms with E-state index in [0.717, 1.165) is 63.6 Å². The Labute approximate surface area is 153 Å². The molecule has 26 heavy (non-hydrogen) atoms. The zero-order chi connectivity index (χ0) is 17.9. The molecule has 1 saturated heterocycles. The molecule has 1 N–H and O–H groups in total. The maximum atomic E-state index is 12.6. The van der Waals surface area contributed by atoms with Crippen LogP contribution < -0.4 is 10.2 Å². The van der Waals surface area contributed by atoms with Crippen LogP contribution in [0.4, 0.5) is 5.82 Å². The van der Waals surface area contributed by atoms with Crippen molar-refractivity contribution in [3.8, 4) is 0 Å². The first kappa shape index (κ1) is 17.0. The highest BCUT2D eigenvalue weighted by Crippen LogP contribution is 2.24. The topological polar surface area (TPSA) is 74.5 Å². The van der Waals surface area contributed by atoms with E-state index in [1.807, 2.05) is 11.8 Å². The average molecular weight is 355 g/mol. The molecule has 2 aromatic heterocycles. The third-order valence-electron chi connectivity index (χ3n) is 5.12. The SMILES string of the molecule is Cc1nc2c(c(N3CCCN(C(=O)c4ccoc4)CC3)n1)CCNCC2. The number of aryl methyl sites for hydroxylation is 1. The summed E-state index contributed by atoms with van der Waals surface area (Å²) in [5, 5.41) is 3.45. The Hall–Kier alpha value is -2.41. The van der Waals surface area contributed by atoms with E-state index in [4.69, 9.17) is 9.40 Å². The number of furan rings is 1. The second-order valence-electron chi connectivity index (χ2n) is 6.91. The van der Waals surface area contributed by atoms with Crippen molar-refractivity contribution in [1.82, 2.24) is 20.2 Å². The van der Waals surface area contributed by atoms with Gasteiger partial charge in [-0.3, -0.25) is 4.79 Å². The Balaban J connectivity index is 1.54. The quantitative estimate of drug-likeness (QED) is 0.878. The van der Waals surface area contributed by atoms with E-state index in [-0.39, 0.29) is 5.91 Å². The molecule has 138 valence electrons.